The van der Waals surface area contributed by atoms with Gasteiger partial charge in [0.25, 0.3) is 0 Å². The Morgan fingerprint density at radius 2 is 2.11 bits per heavy atom. The molecular weight excluding hydrogens is 251 g/mol. The third-order valence-electron chi connectivity index (χ3n) is 2.87. The zero-order valence-corrected chi connectivity index (χ0v) is 9.97. The summed E-state index contributed by atoms with van der Waals surface area (Å²) in [6.07, 6.45) is 0.458. The molecule has 2 heterocycles. The molecule has 0 amide bonds. The first kappa shape index (κ1) is 11.9. The first-order valence-electron chi connectivity index (χ1n) is 5.86. The van der Waals surface area contributed by atoms with Gasteiger partial charge in [-0.1, -0.05) is 6.07 Å². The van der Waals surface area contributed by atoms with Crippen molar-refractivity contribution in [2.45, 2.75) is 6.10 Å². The number of carbonyl (C=O) groups excluding carboxylic acids is 1. The molecule has 1 saturated heterocycles. The summed E-state index contributed by atoms with van der Waals surface area (Å²) in [5, 5.41) is 0. The zero-order chi connectivity index (χ0) is 13.2. The fourth-order valence-electron chi connectivity index (χ4n) is 1.83. The number of hydrogen-bond donors (Lipinski definition) is 0. The Morgan fingerprint density at radius 3 is 2.74 bits per heavy atom. The number of benzene rings is 1. The van der Waals surface area contributed by atoms with E-state index in [-0.39, 0.29) is 17.6 Å². The first-order valence-corrected chi connectivity index (χ1v) is 5.86. The fourth-order valence-corrected chi connectivity index (χ4v) is 1.83. The van der Waals surface area contributed by atoms with Crippen molar-refractivity contribution in [3.8, 4) is 17.1 Å². The van der Waals surface area contributed by atoms with E-state index in [1.54, 1.807) is 18.2 Å². The van der Waals surface area contributed by atoms with E-state index in [1.165, 1.54) is 12.1 Å². The second-order valence-electron chi connectivity index (χ2n) is 4.21. The van der Waals surface area contributed by atoms with Gasteiger partial charge in [0.05, 0.1) is 18.8 Å². The van der Waals surface area contributed by atoms with Crippen LogP contribution >= 0.6 is 0 Å². The lowest BCUT2D eigenvalue weighted by Gasteiger charge is -2.27. The predicted molar refractivity (Wildman–Crippen MR) is 64.7 cm³/mol. The van der Waals surface area contributed by atoms with Crippen molar-refractivity contribution < 1.29 is 23.1 Å². The molecular formula is C14H11FO4. The maximum absolute atomic E-state index is 13.9. The molecule has 0 spiro atoms. The number of para-hydroxylation sites is 1. The molecule has 0 radical (unpaired) electrons. The van der Waals surface area contributed by atoms with Crippen LogP contribution in [0.5, 0.6) is 5.75 Å². The number of carbonyl (C=O) groups is 1. The summed E-state index contributed by atoms with van der Waals surface area (Å²) < 4.78 is 29.7. The summed E-state index contributed by atoms with van der Waals surface area (Å²) in [5.41, 5.74) is 0.486. The number of rotatable bonds is 4. The molecule has 5 heteroatoms. The van der Waals surface area contributed by atoms with Crippen LogP contribution in [0.1, 0.15) is 10.6 Å². The number of aldehydes is 1. The van der Waals surface area contributed by atoms with Crippen LogP contribution in [-0.2, 0) is 4.74 Å². The Labute approximate surface area is 108 Å². The largest absolute Gasteiger partial charge is 0.482 e. The summed E-state index contributed by atoms with van der Waals surface area (Å²) >= 11 is 0. The van der Waals surface area contributed by atoms with Gasteiger partial charge in [-0.05, 0) is 24.3 Å². The second-order valence-corrected chi connectivity index (χ2v) is 4.21. The minimum atomic E-state index is -0.464. The molecule has 0 saturated carbocycles. The van der Waals surface area contributed by atoms with Gasteiger partial charge in [0.1, 0.15) is 11.9 Å². The van der Waals surface area contributed by atoms with Gasteiger partial charge in [0, 0.05) is 0 Å². The molecule has 0 bridgehead atoms. The number of hydrogen-bond acceptors (Lipinski definition) is 4. The highest BCUT2D eigenvalue weighted by atomic mass is 19.1. The van der Waals surface area contributed by atoms with Gasteiger partial charge in [0.2, 0.25) is 0 Å². The van der Waals surface area contributed by atoms with Gasteiger partial charge in [-0.15, -0.1) is 0 Å². The Kier molecular flexibility index (Phi) is 3.05. The van der Waals surface area contributed by atoms with Crippen LogP contribution in [-0.4, -0.2) is 25.6 Å². The summed E-state index contributed by atoms with van der Waals surface area (Å²) in [4.78, 5) is 10.6. The van der Waals surface area contributed by atoms with Crippen molar-refractivity contribution in [1.29, 1.82) is 0 Å². The second kappa shape index (κ2) is 4.85. The average Bonchev–Trinajstić information content (AvgIpc) is 2.83. The van der Waals surface area contributed by atoms with Crippen molar-refractivity contribution in [2.24, 2.45) is 0 Å². The molecule has 98 valence electrons. The quantitative estimate of drug-likeness (QED) is 0.795. The lowest BCUT2D eigenvalue weighted by Crippen LogP contribution is -2.38. The maximum atomic E-state index is 13.9. The van der Waals surface area contributed by atoms with Gasteiger partial charge in [0.15, 0.2) is 23.6 Å². The lowest BCUT2D eigenvalue weighted by molar-refractivity contribution is -0.0806. The fraction of sp³-hybridized carbons (Fsp3) is 0.214. The summed E-state index contributed by atoms with van der Waals surface area (Å²) in [6, 6.07) is 7.72. The van der Waals surface area contributed by atoms with E-state index in [4.69, 9.17) is 13.9 Å². The van der Waals surface area contributed by atoms with E-state index in [0.29, 0.717) is 30.8 Å². The summed E-state index contributed by atoms with van der Waals surface area (Å²) in [7, 11) is 0. The molecule has 19 heavy (non-hydrogen) atoms. The monoisotopic (exact) mass is 262 g/mol. The van der Waals surface area contributed by atoms with Crippen LogP contribution in [0.2, 0.25) is 0 Å². The predicted octanol–water partition coefficient (Wildman–Crippen LogP) is 2.68. The Balaban J connectivity index is 1.99. The molecule has 2 aromatic rings. The number of halogens is 1. The summed E-state index contributed by atoms with van der Waals surface area (Å²) in [5.74, 6) is 0.255. The molecule has 0 unspecified atom stereocenters. The molecule has 0 atom stereocenters. The third kappa shape index (κ3) is 2.24. The van der Waals surface area contributed by atoms with Crippen LogP contribution in [0.15, 0.2) is 34.7 Å². The molecule has 1 aromatic heterocycles. The normalized spacial score (nSPS) is 15.0. The Bertz CT molecular complexity index is 601. The highest BCUT2D eigenvalue weighted by molar-refractivity contribution is 5.74. The molecule has 1 fully saturated rings. The zero-order valence-electron chi connectivity index (χ0n) is 9.97. The highest BCUT2D eigenvalue weighted by Gasteiger charge is 2.24. The van der Waals surface area contributed by atoms with Gasteiger partial charge in [-0.3, -0.25) is 4.79 Å². The van der Waals surface area contributed by atoms with Crippen molar-refractivity contribution in [1.82, 2.24) is 0 Å². The third-order valence-corrected chi connectivity index (χ3v) is 2.87. The smallest absolute Gasteiger partial charge is 0.185 e. The SMILES string of the molecule is O=Cc1ccc(-c2cccc(F)c2OC2COC2)o1. The van der Waals surface area contributed by atoms with Gasteiger partial charge >= 0.3 is 0 Å². The number of furan rings is 1. The first-order chi connectivity index (χ1) is 9.28. The van der Waals surface area contributed by atoms with E-state index < -0.39 is 5.82 Å². The van der Waals surface area contributed by atoms with Crippen LogP contribution in [0.3, 0.4) is 0 Å². The van der Waals surface area contributed by atoms with Gasteiger partial charge in [-0.2, -0.15) is 0 Å². The van der Waals surface area contributed by atoms with Gasteiger partial charge in [-0.25, -0.2) is 4.39 Å². The lowest BCUT2D eigenvalue weighted by atomic mass is 10.1. The van der Waals surface area contributed by atoms with Crippen molar-refractivity contribution >= 4 is 6.29 Å². The van der Waals surface area contributed by atoms with E-state index >= 15 is 0 Å². The minimum absolute atomic E-state index is 0.127. The van der Waals surface area contributed by atoms with Crippen LogP contribution in [0.25, 0.3) is 11.3 Å². The molecule has 1 aliphatic rings. The van der Waals surface area contributed by atoms with E-state index in [9.17, 15) is 9.18 Å². The van der Waals surface area contributed by atoms with E-state index in [1.807, 2.05) is 0 Å². The van der Waals surface area contributed by atoms with Crippen molar-refractivity contribution in [3.05, 3.63) is 41.9 Å². The minimum Gasteiger partial charge on any atom is -0.482 e. The van der Waals surface area contributed by atoms with E-state index in [0.717, 1.165) is 0 Å². The number of ether oxygens (including phenoxy) is 2. The summed E-state index contributed by atoms with van der Waals surface area (Å²) in [6.45, 7) is 0.900. The Morgan fingerprint density at radius 1 is 1.26 bits per heavy atom. The van der Waals surface area contributed by atoms with Gasteiger partial charge < -0.3 is 13.9 Å². The molecule has 3 rings (SSSR count). The Hall–Kier alpha value is -2.14. The van der Waals surface area contributed by atoms with Crippen molar-refractivity contribution in [2.75, 3.05) is 13.2 Å². The topological polar surface area (TPSA) is 48.7 Å². The van der Waals surface area contributed by atoms with E-state index in [2.05, 4.69) is 0 Å². The van der Waals surface area contributed by atoms with Crippen LogP contribution in [0, 0.1) is 5.82 Å². The van der Waals surface area contributed by atoms with Crippen LogP contribution < -0.4 is 4.74 Å². The molecule has 1 aliphatic heterocycles. The molecule has 4 nitrogen and oxygen atoms in total. The standard InChI is InChI=1S/C14H11FO4/c15-12-3-1-2-11(13-5-4-9(6-16)18-13)14(12)19-10-7-17-8-10/h1-6,10H,7-8H2. The molecule has 0 N–H and O–H groups in total. The van der Waals surface area contributed by atoms with Crippen LogP contribution in [0.4, 0.5) is 4.39 Å². The maximum Gasteiger partial charge on any atom is 0.185 e. The molecule has 0 aliphatic carbocycles. The molecule has 1 aromatic carbocycles. The van der Waals surface area contributed by atoms with Crippen molar-refractivity contribution in [3.63, 3.8) is 0 Å². The highest BCUT2D eigenvalue weighted by Crippen LogP contribution is 2.34. The average molecular weight is 262 g/mol.